The number of hydrogen-bond acceptors (Lipinski definition) is 3. The summed E-state index contributed by atoms with van der Waals surface area (Å²) in [5, 5.41) is 0. The summed E-state index contributed by atoms with van der Waals surface area (Å²) in [5.74, 6) is 0.707. The van der Waals surface area contributed by atoms with E-state index in [0.717, 1.165) is 25.2 Å². The minimum Gasteiger partial charge on any atom is -0.497 e. The normalized spacial score (nSPS) is 11.3. The first-order valence-electron chi connectivity index (χ1n) is 8.14. The van der Waals surface area contributed by atoms with Crippen LogP contribution in [0.1, 0.15) is 15.9 Å². The first-order valence-corrected chi connectivity index (χ1v) is 10.5. The second kappa shape index (κ2) is 9.40. The molecule has 0 unspecified atom stereocenters. The highest BCUT2D eigenvalue weighted by molar-refractivity contribution is 9.10. The summed E-state index contributed by atoms with van der Waals surface area (Å²) in [7, 11) is 1.61. The van der Waals surface area contributed by atoms with Gasteiger partial charge in [-0.25, -0.2) is 0 Å². The summed E-state index contributed by atoms with van der Waals surface area (Å²) in [6.07, 6.45) is 1.92. The molecule has 0 aliphatic carbocycles. The fraction of sp³-hybridized carbons (Fsp3) is 0.0455. The van der Waals surface area contributed by atoms with Crippen LogP contribution in [-0.2, 0) is 0 Å². The lowest BCUT2D eigenvalue weighted by atomic mass is 10.1. The molecule has 0 saturated carbocycles. The maximum atomic E-state index is 13.1. The molecule has 3 aromatic carbocycles. The van der Waals surface area contributed by atoms with Crippen molar-refractivity contribution in [3.8, 4) is 5.75 Å². The molecule has 0 heterocycles. The third kappa shape index (κ3) is 5.58. The Kier molecular flexibility index (Phi) is 6.94. The summed E-state index contributed by atoms with van der Waals surface area (Å²) < 4.78 is 7.19. The largest absolute Gasteiger partial charge is 0.497 e. The lowest BCUT2D eigenvalue weighted by Gasteiger charge is -2.09. The van der Waals surface area contributed by atoms with Crippen molar-refractivity contribution in [3.63, 3.8) is 0 Å². The molecule has 0 spiro atoms. The number of benzene rings is 3. The van der Waals surface area contributed by atoms with Crippen LogP contribution in [0.2, 0.25) is 0 Å². The Hall–Kier alpha value is -1.82. The van der Waals surface area contributed by atoms with E-state index in [1.807, 2.05) is 54.6 Å². The quantitative estimate of drug-likeness (QED) is 0.201. The zero-order valence-electron chi connectivity index (χ0n) is 14.5. The third-order valence-corrected chi connectivity index (χ3v) is 5.87. The molecule has 0 fully saturated rings. The molecule has 0 aliphatic heterocycles. The molecule has 0 bridgehead atoms. The van der Waals surface area contributed by atoms with Gasteiger partial charge in [0.05, 0.1) is 12.0 Å². The van der Waals surface area contributed by atoms with Crippen LogP contribution in [0.25, 0.3) is 6.08 Å². The van der Waals surface area contributed by atoms with E-state index in [-0.39, 0.29) is 5.78 Å². The summed E-state index contributed by atoms with van der Waals surface area (Å²) in [6, 6.07) is 23.0. The van der Waals surface area contributed by atoms with Gasteiger partial charge >= 0.3 is 0 Å². The SMILES string of the molecule is COc1ccc(C(=O)/C(=C\c2ccc(Br)cc2)Sc2ccc(Br)cc2)cc1. The van der Waals surface area contributed by atoms with Gasteiger partial charge in [-0.2, -0.15) is 0 Å². The fourth-order valence-electron chi connectivity index (χ4n) is 2.37. The highest BCUT2D eigenvalue weighted by Gasteiger charge is 2.14. The van der Waals surface area contributed by atoms with Gasteiger partial charge in [-0.05, 0) is 72.3 Å². The topological polar surface area (TPSA) is 26.3 Å². The average molecular weight is 504 g/mol. The molecule has 0 saturated heterocycles. The Morgan fingerprint density at radius 2 is 1.41 bits per heavy atom. The first-order chi connectivity index (χ1) is 13.0. The fourth-order valence-corrected chi connectivity index (χ4v) is 3.83. The van der Waals surface area contributed by atoms with E-state index >= 15 is 0 Å². The highest BCUT2D eigenvalue weighted by Crippen LogP contribution is 2.32. The Morgan fingerprint density at radius 1 is 0.852 bits per heavy atom. The minimum atomic E-state index is -0.0199. The van der Waals surface area contributed by atoms with Crippen LogP contribution >= 0.6 is 43.6 Å². The van der Waals surface area contributed by atoms with E-state index in [1.165, 1.54) is 11.8 Å². The monoisotopic (exact) mass is 502 g/mol. The number of Topliss-reactive ketones (excluding diaryl/α,β-unsaturated/α-hetero) is 1. The number of methoxy groups -OCH3 is 1. The molecule has 0 N–H and O–H groups in total. The lowest BCUT2D eigenvalue weighted by Crippen LogP contribution is -2.01. The number of ether oxygens (including phenoxy) is 1. The maximum Gasteiger partial charge on any atom is 0.199 e. The van der Waals surface area contributed by atoms with Crippen molar-refractivity contribution in [2.45, 2.75) is 4.90 Å². The molecule has 0 radical (unpaired) electrons. The predicted molar refractivity (Wildman–Crippen MR) is 119 cm³/mol. The van der Waals surface area contributed by atoms with Crippen molar-refractivity contribution in [3.05, 3.63) is 97.8 Å². The predicted octanol–water partition coefficient (Wildman–Crippen LogP) is 7.24. The smallest absolute Gasteiger partial charge is 0.199 e. The van der Waals surface area contributed by atoms with E-state index in [9.17, 15) is 4.79 Å². The Balaban J connectivity index is 1.95. The van der Waals surface area contributed by atoms with E-state index in [0.29, 0.717) is 10.5 Å². The molecule has 0 atom stereocenters. The molecule has 136 valence electrons. The van der Waals surface area contributed by atoms with Crippen LogP contribution in [0, 0.1) is 0 Å². The molecule has 0 amide bonds. The summed E-state index contributed by atoms with van der Waals surface area (Å²) >= 11 is 8.34. The number of ketones is 1. The molecule has 5 heteroatoms. The summed E-state index contributed by atoms with van der Waals surface area (Å²) in [6.45, 7) is 0. The average Bonchev–Trinajstić information content (AvgIpc) is 2.70. The third-order valence-electron chi connectivity index (χ3n) is 3.79. The molecule has 3 aromatic rings. The molecule has 0 aromatic heterocycles. The van der Waals surface area contributed by atoms with E-state index < -0.39 is 0 Å². The van der Waals surface area contributed by atoms with Crippen molar-refractivity contribution in [2.24, 2.45) is 0 Å². The van der Waals surface area contributed by atoms with Crippen molar-refractivity contribution >= 4 is 55.5 Å². The molecule has 27 heavy (non-hydrogen) atoms. The first kappa shape index (κ1) is 19.9. The second-order valence-corrected chi connectivity index (χ2v) is 8.62. The standard InChI is InChI=1S/C22H16Br2O2S/c1-26-19-10-4-16(5-11-19)22(25)21(14-15-2-6-17(23)7-3-15)27-20-12-8-18(24)9-13-20/h2-14H,1H3/b21-14+. The van der Waals surface area contributed by atoms with Gasteiger partial charge in [-0.3, -0.25) is 4.79 Å². The number of carbonyl (C=O) groups is 1. The number of rotatable bonds is 6. The van der Waals surface area contributed by atoms with Crippen molar-refractivity contribution in [1.29, 1.82) is 0 Å². The van der Waals surface area contributed by atoms with Gasteiger partial charge in [0.1, 0.15) is 5.75 Å². The Bertz CT molecular complexity index is 947. The lowest BCUT2D eigenvalue weighted by molar-refractivity contribution is 0.104. The molecule has 2 nitrogen and oxygen atoms in total. The van der Waals surface area contributed by atoms with Crippen molar-refractivity contribution in [1.82, 2.24) is 0 Å². The molecule has 0 aliphatic rings. The summed E-state index contributed by atoms with van der Waals surface area (Å²) in [5.41, 5.74) is 1.60. The van der Waals surface area contributed by atoms with Gasteiger partial charge in [0.25, 0.3) is 0 Å². The molecule has 3 rings (SSSR count). The molecular weight excluding hydrogens is 488 g/mol. The van der Waals surface area contributed by atoms with E-state index in [1.54, 1.807) is 31.4 Å². The van der Waals surface area contributed by atoms with Crippen LogP contribution in [0.4, 0.5) is 0 Å². The number of thioether (sulfide) groups is 1. The van der Waals surface area contributed by atoms with Crippen LogP contribution in [0.3, 0.4) is 0 Å². The van der Waals surface area contributed by atoms with Crippen LogP contribution in [0.5, 0.6) is 5.75 Å². The van der Waals surface area contributed by atoms with Crippen LogP contribution < -0.4 is 4.74 Å². The van der Waals surface area contributed by atoms with Gasteiger partial charge in [0.15, 0.2) is 5.78 Å². The second-order valence-electron chi connectivity index (χ2n) is 5.67. The van der Waals surface area contributed by atoms with Gasteiger partial charge in [-0.15, -0.1) is 0 Å². The van der Waals surface area contributed by atoms with Gasteiger partial charge < -0.3 is 4.74 Å². The van der Waals surface area contributed by atoms with E-state index in [2.05, 4.69) is 31.9 Å². The van der Waals surface area contributed by atoms with Crippen LogP contribution in [0.15, 0.2) is 91.5 Å². The molecular formula is C22H16Br2O2S. The Morgan fingerprint density at radius 3 is 1.96 bits per heavy atom. The van der Waals surface area contributed by atoms with Crippen molar-refractivity contribution in [2.75, 3.05) is 7.11 Å². The minimum absolute atomic E-state index is 0.0199. The Labute approximate surface area is 179 Å². The number of allylic oxidation sites excluding steroid dienone is 1. The zero-order chi connectivity index (χ0) is 19.2. The number of halogens is 2. The highest BCUT2D eigenvalue weighted by atomic mass is 79.9. The van der Waals surface area contributed by atoms with Gasteiger partial charge in [0.2, 0.25) is 0 Å². The number of carbonyl (C=O) groups excluding carboxylic acids is 1. The summed E-state index contributed by atoms with van der Waals surface area (Å²) in [4.78, 5) is 14.8. The van der Waals surface area contributed by atoms with Crippen molar-refractivity contribution < 1.29 is 9.53 Å². The van der Waals surface area contributed by atoms with Gasteiger partial charge in [-0.1, -0.05) is 55.8 Å². The van der Waals surface area contributed by atoms with E-state index in [4.69, 9.17) is 4.74 Å². The maximum absolute atomic E-state index is 13.1. The zero-order valence-corrected chi connectivity index (χ0v) is 18.5. The van der Waals surface area contributed by atoms with Crippen LogP contribution in [-0.4, -0.2) is 12.9 Å². The van der Waals surface area contributed by atoms with Gasteiger partial charge in [0, 0.05) is 19.4 Å². The number of hydrogen-bond donors (Lipinski definition) is 0.